The first-order valence-corrected chi connectivity index (χ1v) is 17.7. The molecule has 10 heteroatoms. The molecule has 0 radical (unpaired) electrons. The molecule has 5 aromatic rings. The third-order valence-electron chi connectivity index (χ3n) is 9.75. The number of nitrogens with one attached hydrogen (secondary N) is 2. The summed E-state index contributed by atoms with van der Waals surface area (Å²) in [5, 5.41) is 5.95. The summed E-state index contributed by atoms with van der Waals surface area (Å²) in [5.41, 5.74) is 5.28. The second-order valence-electron chi connectivity index (χ2n) is 13.2. The first-order chi connectivity index (χ1) is 24.9. The fourth-order valence-electron chi connectivity index (χ4n) is 7.03. The van der Waals surface area contributed by atoms with E-state index in [1.54, 1.807) is 40.1 Å². The summed E-state index contributed by atoms with van der Waals surface area (Å²) < 4.78 is 6.02. The van der Waals surface area contributed by atoms with Gasteiger partial charge in [-0.25, -0.2) is 4.98 Å². The van der Waals surface area contributed by atoms with E-state index in [-0.39, 0.29) is 23.6 Å². The predicted molar refractivity (Wildman–Crippen MR) is 196 cm³/mol. The molecule has 1 aromatic heterocycles. The Morgan fingerprint density at radius 2 is 1.16 bits per heavy atom. The van der Waals surface area contributed by atoms with Gasteiger partial charge in [-0.1, -0.05) is 60.7 Å². The second-order valence-corrected chi connectivity index (χ2v) is 13.2. The molecule has 2 N–H and O–H groups in total. The van der Waals surface area contributed by atoms with E-state index in [9.17, 15) is 19.2 Å². The number of hydrogen-bond donors (Lipinski definition) is 2. The van der Waals surface area contributed by atoms with Gasteiger partial charge in [-0.3, -0.25) is 19.2 Å². The smallest absolute Gasteiger partial charge is 0.247 e. The zero-order valence-electron chi connectivity index (χ0n) is 28.4. The molecule has 0 unspecified atom stereocenters. The van der Waals surface area contributed by atoms with Crippen LogP contribution in [0.25, 0.3) is 22.6 Å². The van der Waals surface area contributed by atoms with Crippen LogP contribution in [0.15, 0.2) is 108 Å². The van der Waals surface area contributed by atoms with Crippen molar-refractivity contribution in [2.75, 3.05) is 23.7 Å². The molecular weight excluding hydrogens is 642 g/mol. The summed E-state index contributed by atoms with van der Waals surface area (Å²) in [7, 11) is 0. The maximum Gasteiger partial charge on any atom is 0.247 e. The third-order valence-corrected chi connectivity index (χ3v) is 9.75. The van der Waals surface area contributed by atoms with E-state index >= 15 is 0 Å². The lowest BCUT2D eigenvalue weighted by Crippen LogP contribution is -2.43. The first-order valence-electron chi connectivity index (χ1n) is 17.7. The monoisotopic (exact) mass is 683 g/mol. The lowest BCUT2D eigenvalue weighted by Gasteiger charge is -2.24. The number of amides is 4. The van der Waals surface area contributed by atoms with E-state index in [1.807, 2.05) is 72.8 Å². The highest BCUT2D eigenvalue weighted by atomic mass is 16.3. The quantitative estimate of drug-likeness (QED) is 0.161. The summed E-state index contributed by atoms with van der Waals surface area (Å²) >= 11 is 0. The van der Waals surface area contributed by atoms with E-state index in [1.165, 1.54) is 0 Å². The van der Waals surface area contributed by atoms with Crippen LogP contribution in [-0.4, -0.2) is 63.6 Å². The normalized spacial score (nSPS) is 17.1. The van der Waals surface area contributed by atoms with Crippen LogP contribution in [0.2, 0.25) is 0 Å². The number of benzene rings is 4. The molecule has 0 aliphatic carbocycles. The van der Waals surface area contributed by atoms with Crippen molar-refractivity contribution in [3.63, 3.8) is 0 Å². The first kappa shape index (κ1) is 33.7. The number of anilines is 2. The zero-order valence-corrected chi connectivity index (χ0v) is 28.4. The van der Waals surface area contributed by atoms with Gasteiger partial charge in [0.05, 0.1) is 0 Å². The lowest BCUT2D eigenvalue weighted by molar-refractivity contribution is -0.136. The number of nitrogens with zero attached hydrogens (tertiary/aromatic N) is 3. The van der Waals surface area contributed by atoms with Gasteiger partial charge in [0.2, 0.25) is 29.5 Å². The van der Waals surface area contributed by atoms with E-state index in [4.69, 9.17) is 4.42 Å². The second kappa shape index (κ2) is 15.4. The summed E-state index contributed by atoms with van der Waals surface area (Å²) in [4.78, 5) is 60.6. The fraction of sp³-hybridized carbons (Fsp3) is 0.293. The molecule has 2 atom stereocenters. The van der Waals surface area contributed by atoms with E-state index in [0.29, 0.717) is 80.0 Å². The van der Waals surface area contributed by atoms with Crippen LogP contribution in [0, 0.1) is 0 Å². The van der Waals surface area contributed by atoms with E-state index in [2.05, 4.69) is 15.6 Å². The van der Waals surface area contributed by atoms with Crippen LogP contribution in [0.5, 0.6) is 0 Å². The van der Waals surface area contributed by atoms with Crippen molar-refractivity contribution in [2.24, 2.45) is 0 Å². The van der Waals surface area contributed by atoms with Crippen molar-refractivity contribution in [1.29, 1.82) is 0 Å². The van der Waals surface area contributed by atoms with Crippen molar-refractivity contribution >= 4 is 46.1 Å². The molecule has 260 valence electrons. The number of rotatable bonds is 11. The number of likely N-dealkylation sites (tertiary alicyclic amines) is 2. The molecule has 2 saturated heterocycles. The van der Waals surface area contributed by atoms with Crippen LogP contribution >= 0.6 is 0 Å². The Hall–Kier alpha value is -5.77. The predicted octanol–water partition coefficient (Wildman–Crippen LogP) is 6.62. The van der Waals surface area contributed by atoms with Gasteiger partial charge in [-0.05, 0) is 92.1 Å². The van der Waals surface area contributed by atoms with Gasteiger partial charge in [-0.2, -0.15) is 0 Å². The lowest BCUT2D eigenvalue weighted by atomic mass is 10.1. The van der Waals surface area contributed by atoms with Crippen molar-refractivity contribution in [3.05, 3.63) is 114 Å². The average Bonchev–Trinajstić information content (AvgIpc) is 3.94. The average molecular weight is 684 g/mol. The molecule has 0 bridgehead atoms. The summed E-state index contributed by atoms with van der Waals surface area (Å²) in [6.45, 7) is 1.16. The maximum atomic E-state index is 13.3. The highest BCUT2D eigenvalue weighted by molar-refractivity contribution is 5.99. The highest BCUT2D eigenvalue weighted by Crippen LogP contribution is 2.29. The van der Waals surface area contributed by atoms with Crippen molar-refractivity contribution < 1.29 is 23.6 Å². The van der Waals surface area contributed by atoms with Gasteiger partial charge in [0.15, 0.2) is 5.58 Å². The molecule has 7 rings (SSSR count). The molecule has 2 aliphatic rings. The summed E-state index contributed by atoms with van der Waals surface area (Å²) in [6, 6.07) is 31.3. The molecular formula is C41H41N5O5. The van der Waals surface area contributed by atoms with Crippen LogP contribution in [0.1, 0.15) is 49.7 Å². The highest BCUT2D eigenvalue weighted by Gasteiger charge is 2.35. The number of fused-ring (bicyclic) bond motifs is 1. The largest absolute Gasteiger partial charge is 0.436 e. The Morgan fingerprint density at radius 3 is 1.71 bits per heavy atom. The van der Waals surface area contributed by atoms with Crippen molar-refractivity contribution in [2.45, 2.75) is 63.5 Å². The zero-order chi connectivity index (χ0) is 35.2. The minimum Gasteiger partial charge on any atom is -0.436 e. The fourth-order valence-corrected chi connectivity index (χ4v) is 7.03. The third kappa shape index (κ3) is 8.01. The van der Waals surface area contributed by atoms with Gasteiger partial charge >= 0.3 is 0 Å². The Kier molecular flexibility index (Phi) is 10.2. The van der Waals surface area contributed by atoms with E-state index < -0.39 is 12.1 Å². The number of carbonyl (C=O) groups excluding carboxylic acids is 4. The Labute approximate surface area is 296 Å². The molecule has 4 amide bonds. The van der Waals surface area contributed by atoms with E-state index in [0.717, 1.165) is 29.5 Å². The summed E-state index contributed by atoms with van der Waals surface area (Å²) in [6.07, 6.45) is 4.88. The molecule has 4 aromatic carbocycles. The van der Waals surface area contributed by atoms with Crippen LogP contribution in [0.3, 0.4) is 0 Å². The molecule has 2 fully saturated rings. The van der Waals surface area contributed by atoms with Crippen molar-refractivity contribution in [3.8, 4) is 11.5 Å². The standard InChI is InChI=1S/C41H41N5O5/c47-37(23-15-28-9-3-1-4-10-28)45-25-7-13-34(45)39(49)42-31-19-17-30(18-20-31)41-44-33-27-32(21-22-36(33)51-41)43-40(50)35-14-8-26-46(35)38(48)24-16-29-11-5-2-6-12-29/h1-6,9-12,17-22,27,34-35H,7-8,13-16,23-26H2,(H,42,49)(H,43,50)/t34-,35-/m0/s1. The Balaban J connectivity index is 0.939. The van der Waals surface area contributed by atoms with Gasteiger partial charge in [0, 0.05) is 42.9 Å². The molecule has 0 spiro atoms. The van der Waals surface area contributed by atoms with Gasteiger partial charge < -0.3 is 24.9 Å². The number of aromatic nitrogens is 1. The maximum absolute atomic E-state index is 13.3. The number of oxazole rings is 1. The van der Waals surface area contributed by atoms with Gasteiger partial charge in [-0.15, -0.1) is 0 Å². The van der Waals surface area contributed by atoms with Crippen LogP contribution < -0.4 is 10.6 Å². The topological polar surface area (TPSA) is 125 Å². The van der Waals surface area contributed by atoms with Gasteiger partial charge in [0.25, 0.3) is 0 Å². The SMILES string of the molecule is O=C(Nc1ccc(-c2nc3cc(NC(=O)[C@@H]4CCCN4C(=O)CCc4ccccc4)ccc3o2)cc1)[C@@H]1CCCN1C(=O)CCc1ccccc1. The van der Waals surface area contributed by atoms with Crippen LogP contribution in [-0.2, 0) is 32.0 Å². The minimum atomic E-state index is -0.507. The molecule has 0 saturated carbocycles. The Bertz CT molecular complexity index is 2010. The minimum absolute atomic E-state index is 0.00400. The number of hydrogen-bond acceptors (Lipinski definition) is 6. The van der Waals surface area contributed by atoms with Crippen molar-refractivity contribution in [1.82, 2.24) is 14.8 Å². The number of carbonyl (C=O) groups is 4. The van der Waals surface area contributed by atoms with Crippen LogP contribution in [0.4, 0.5) is 11.4 Å². The number of aryl methyl sites for hydroxylation is 2. The van der Waals surface area contributed by atoms with Gasteiger partial charge in [0.1, 0.15) is 17.6 Å². The molecule has 51 heavy (non-hydrogen) atoms. The molecule has 10 nitrogen and oxygen atoms in total. The summed E-state index contributed by atoms with van der Waals surface area (Å²) in [5.74, 6) is -0.0108. The molecule has 3 heterocycles. The Morgan fingerprint density at radius 1 is 0.647 bits per heavy atom. The molecule has 2 aliphatic heterocycles.